The smallest absolute Gasteiger partial charge is 0.407 e. The molecule has 0 radical (unpaired) electrons. The van der Waals surface area contributed by atoms with Gasteiger partial charge in [-0.3, -0.25) is 9.59 Å². The van der Waals surface area contributed by atoms with Gasteiger partial charge in [-0.05, 0) is 22.3 Å². The molecule has 0 fully saturated rings. The highest BCUT2D eigenvalue weighted by Gasteiger charge is 2.29. The maximum atomic E-state index is 12.3. The fourth-order valence-corrected chi connectivity index (χ4v) is 8.59. The Morgan fingerprint density at radius 2 is 0.460 bits per heavy atom. The van der Waals surface area contributed by atoms with E-state index in [1.165, 1.54) is 22.3 Å². The van der Waals surface area contributed by atoms with Crippen LogP contribution in [0.5, 0.6) is 0 Å². The Morgan fingerprint density at radius 1 is 0.260 bits per heavy atom. The van der Waals surface area contributed by atoms with Gasteiger partial charge in [-0.1, -0.05) is 48.5 Å². The summed E-state index contributed by atoms with van der Waals surface area (Å²) in [7, 11) is 0. The van der Waals surface area contributed by atoms with E-state index in [-0.39, 0.29) is 37.9 Å². The van der Waals surface area contributed by atoms with Crippen LogP contribution in [0.2, 0.25) is 0 Å². The van der Waals surface area contributed by atoms with Crippen molar-refractivity contribution >= 4 is 18.0 Å². The molecule has 0 atom stereocenters. The molecule has 31 heteroatoms. The van der Waals surface area contributed by atoms with Crippen LogP contribution in [0.3, 0.4) is 0 Å². The quantitative estimate of drug-likeness (QED) is 0.0802. The topological polar surface area (TPSA) is 326 Å². The zero-order chi connectivity index (χ0) is 70.8. The maximum Gasteiger partial charge on any atom is 0.407 e. The fourth-order valence-electron chi connectivity index (χ4n) is 8.59. The zero-order valence-electron chi connectivity index (χ0n) is 59.1. The summed E-state index contributed by atoms with van der Waals surface area (Å²) in [5, 5.41) is 14.1. The van der Waals surface area contributed by atoms with E-state index >= 15 is 0 Å². The number of amides is 2. The van der Waals surface area contributed by atoms with Crippen LogP contribution >= 0.6 is 0 Å². The number of benzene rings is 2. The van der Waals surface area contributed by atoms with Gasteiger partial charge < -0.3 is 134 Å². The molecule has 578 valence electrons. The van der Waals surface area contributed by atoms with Gasteiger partial charge in [0.25, 0.3) is 0 Å². The fraction of sp³-hybridized carbons (Fsp3) is 0.783. The number of aliphatic carboxylic acids is 1. The van der Waals surface area contributed by atoms with E-state index in [1.54, 1.807) is 0 Å². The molecule has 3 rings (SSSR count). The highest BCUT2D eigenvalue weighted by atomic mass is 16.6. The molecular weight excluding hydrogens is 1320 g/mol. The third-order valence-corrected chi connectivity index (χ3v) is 13.5. The minimum Gasteiger partial charge on any atom is -0.481 e. The number of hydrogen-bond acceptors (Lipinski definition) is 28. The average molecular weight is 1440 g/mol. The number of carboxylic acids is 1. The number of hydrogen-bond donors (Lipinski definition) is 3. The third-order valence-electron chi connectivity index (χ3n) is 13.5. The van der Waals surface area contributed by atoms with Crippen LogP contribution in [0.1, 0.15) is 29.9 Å². The SMILES string of the molecule is O=C(O)CCOCCOCCOCCOCCOCCOCCOCCOCCOCCOCCOCCOCCNC(=O)CCOCCOCCOCCOCCOCCOCCOCCOCCOCCOCCOCCOCCNC(=O)OCC1c2ccccc2-c2ccccc21. The minimum atomic E-state index is -0.883. The van der Waals surface area contributed by atoms with Crippen molar-refractivity contribution in [3.05, 3.63) is 59.7 Å². The summed E-state index contributed by atoms with van der Waals surface area (Å²) in [6.07, 6.45) is -0.228. The van der Waals surface area contributed by atoms with Crippen LogP contribution in [-0.4, -0.2) is 360 Å². The summed E-state index contributed by atoms with van der Waals surface area (Å²) in [5.41, 5.74) is 4.74. The van der Waals surface area contributed by atoms with E-state index in [9.17, 15) is 14.4 Å². The molecule has 0 saturated heterocycles. The Morgan fingerprint density at radius 3 is 0.700 bits per heavy atom. The standard InChI is InChI=1S/C69H118N2O29/c72-67(70-11-15-78-19-23-82-27-31-86-35-39-90-43-47-94-51-55-98-60-58-97-54-50-93-46-42-89-38-34-85-30-26-81-22-18-77-14-10-68(73)74)9-13-76-17-21-80-25-29-84-33-37-88-41-45-92-49-53-96-57-59-99-56-52-95-48-44-91-40-36-87-32-28-83-24-20-79-16-12-71-69(75)100-61-66-64-7-3-1-5-62(64)63-6-2-4-8-65(63)66/h1-8,66H,9-61H2,(H,70,72)(H,71,75)(H,73,74). The second-order valence-electron chi connectivity index (χ2n) is 21.2. The van der Waals surface area contributed by atoms with Crippen LogP contribution in [0.4, 0.5) is 4.79 Å². The predicted octanol–water partition coefficient (Wildman–Crippen LogP) is 2.90. The van der Waals surface area contributed by atoms with Crippen molar-refractivity contribution in [1.82, 2.24) is 10.6 Å². The van der Waals surface area contributed by atoms with Crippen LogP contribution < -0.4 is 10.6 Å². The van der Waals surface area contributed by atoms with Gasteiger partial charge in [0.15, 0.2) is 0 Å². The van der Waals surface area contributed by atoms with Gasteiger partial charge in [0.1, 0.15) is 6.61 Å². The van der Waals surface area contributed by atoms with Crippen LogP contribution in [0, 0.1) is 0 Å². The lowest BCUT2D eigenvalue weighted by Crippen LogP contribution is -2.29. The average Bonchev–Trinajstić information content (AvgIpc) is 1.62. The maximum absolute atomic E-state index is 12.3. The van der Waals surface area contributed by atoms with Crippen LogP contribution in [0.25, 0.3) is 11.1 Å². The molecule has 3 N–H and O–H groups in total. The predicted molar refractivity (Wildman–Crippen MR) is 363 cm³/mol. The Kier molecular flexibility index (Phi) is 64.4. The molecule has 2 amide bonds. The molecule has 2 aromatic rings. The van der Waals surface area contributed by atoms with Crippen molar-refractivity contribution in [2.45, 2.75) is 18.8 Å². The monoisotopic (exact) mass is 1440 g/mol. The molecule has 1 aliphatic carbocycles. The van der Waals surface area contributed by atoms with Crippen LogP contribution in [0.15, 0.2) is 48.5 Å². The van der Waals surface area contributed by atoms with Crippen molar-refractivity contribution in [2.75, 3.05) is 337 Å². The van der Waals surface area contributed by atoms with Crippen molar-refractivity contribution in [2.24, 2.45) is 0 Å². The van der Waals surface area contributed by atoms with Gasteiger partial charge >= 0.3 is 12.1 Å². The van der Waals surface area contributed by atoms with Crippen LogP contribution in [-0.2, 0) is 128 Å². The number of fused-ring (bicyclic) bond motifs is 3. The lowest BCUT2D eigenvalue weighted by Gasteiger charge is -2.14. The number of ether oxygens (including phenoxy) is 25. The van der Waals surface area contributed by atoms with Crippen molar-refractivity contribution in [3.63, 3.8) is 0 Å². The van der Waals surface area contributed by atoms with Gasteiger partial charge in [-0.2, -0.15) is 0 Å². The van der Waals surface area contributed by atoms with E-state index < -0.39 is 12.1 Å². The lowest BCUT2D eigenvalue weighted by atomic mass is 9.98. The van der Waals surface area contributed by atoms with E-state index in [1.807, 2.05) is 24.3 Å². The molecule has 0 unspecified atom stereocenters. The first kappa shape index (κ1) is 89.9. The van der Waals surface area contributed by atoms with Gasteiger partial charge in [-0.25, -0.2) is 4.79 Å². The van der Waals surface area contributed by atoms with E-state index in [0.29, 0.717) is 324 Å². The Bertz CT molecular complexity index is 2080. The molecule has 0 heterocycles. The molecule has 2 aromatic carbocycles. The number of carbonyl (C=O) groups excluding carboxylic acids is 2. The highest BCUT2D eigenvalue weighted by molar-refractivity contribution is 5.79. The Hall–Kier alpha value is -4.31. The Labute approximate surface area is 591 Å². The summed E-state index contributed by atoms with van der Waals surface area (Å²) in [5.74, 6) is -0.971. The third kappa shape index (κ3) is 57.1. The number of carbonyl (C=O) groups is 3. The minimum absolute atomic E-state index is 0.0140. The lowest BCUT2D eigenvalue weighted by molar-refractivity contribution is -0.138. The van der Waals surface area contributed by atoms with Crippen molar-refractivity contribution < 1.29 is 138 Å². The van der Waals surface area contributed by atoms with Gasteiger partial charge in [0, 0.05) is 25.4 Å². The zero-order valence-corrected chi connectivity index (χ0v) is 59.1. The van der Waals surface area contributed by atoms with Crippen molar-refractivity contribution in [1.29, 1.82) is 0 Å². The summed E-state index contributed by atoms with van der Waals surface area (Å²) in [4.78, 5) is 34.7. The summed E-state index contributed by atoms with van der Waals surface area (Å²) in [6.45, 7) is 21.9. The largest absolute Gasteiger partial charge is 0.481 e. The normalized spacial score (nSPS) is 12.0. The molecular formula is C69H118N2O29. The first-order chi connectivity index (χ1) is 49.6. The summed E-state index contributed by atoms with van der Waals surface area (Å²) in [6, 6.07) is 16.5. The van der Waals surface area contributed by atoms with Gasteiger partial charge in [0.05, 0.1) is 324 Å². The van der Waals surface area contributed by atoms with Gasteiger partial charge in [-0.15, -0.1) is 0 Å². The van der Waals surface area contributed by atoms with E-state index in [2.05, 4.69) is 34.9 Å². The number of nitrogens with one attached hydrogen (secondary N) is 2. The molecule has 31 nitrogen and oxygen atoms in total. The molecule has 0 saturated carbocycles. The van der Waals surface area contributed by atoms with Crippen molar-refractivity contribution in [3.8, 4) is 11.1 Å². The molecule has 100 heavy (non-hydrogen) atoms. The first-order valence-electron chi connectivity index (χ1n) is 35.0. The second-order valence-corrected chi connectivity index (χ2v) is 21.2. The highest BCUT2D eigenvalue weighted by Crippen LogP contribution is 2.44. The number of alkyl carbamates (subject to hydrolysis) is 1. The summed E-state index contributed by atoms with van der Waals surface area (Å²) < 4.78 is 137. The van der Waals surface area contributed by atoms with E-state index in [0.717, 1.165) is 0 Å². The molecule has 0 spiro atoms. The summed E-state index contributed by atoms with van der Waals surface area (Å²) >= 11 is 0. The number of rotatable bonds is 80. The molecule has 0 bridgehead atoms. The molecule has 0 aliphatic heterocycles. The second kappa shape index (κ2) is 71.7. The molecule has 1 aliphatic rings. The molecule has 0 aromatic heterocycles. The van der Waals surface area contributed by atoms with E-state index in [4.69, 9.17) is 124 Å². The first-order valence-corrected chi connectivity index (χ1v) is 35.0. The van der Waals surface area contributed by atoms with Gasteiger partial charge in [0.2, 0.25) is 5.91 Å². The number of carboxylic acid groups (broad SMARTS) is 1. The Balaban J connectivity index is 0.856.